The zero-order chi connectivity index (χ0) is 13.2. The number of nitrogens with one attached hydrogen (secondary N) is 1. The van der Waals surface area contributed by atoms with Crippen molar-refractivity contribution < 1.29 is 4.79 Å². The van der Waals surface area contributed by atoms with Crippen LogP contribution in [0.5, 0.6) is 0 Å². The van der Waals surface area contributed by atoms with Crippen molar-refractivity contribution in [3.8, 4) is 11.8 Å². The van der Waals surface area contributed by atoms with E-state index in [0.717, 1.165) is 35.9 Å². The molecule has 0 bridgehead atoms. The standard InChI is InChI=1S/C16H18N2O/c17-6-2-4-11-3-1-5-15(7-11)18-16(19)14-9-12-8-13(12)10-14/h1,3,5,7,12-14H,6,8-10,17H2,(H,18,19). The lowest BCUT2D eigenvalue weighted by atomic mass is 10.0. The van der Waals surface area contributed by atoms with Gasteiger partial charge < -0.3 is 11.1 Å². The number of hydrogen-bond acceptors (Lipinski definition) is 2. The van der Waals surface area contributed by atoms with Crippen LogP contribution < -0.4 is 11.1 Å². The van der Waals surface area contributed by atoms with Crippen LogP contribution in [-0.2, 0) is 4.79 Å². The van der Waals surface area contributed by atoms with Crippen LogP contribution in [-0.4, -0.2) is 12.5 Å². The van der Waals surface area contributed by atoms with Gasteiger partial charge in [-0.25, -0.2) is 0 Å². The van der Waals surface area contributed by atoms with Crippen molar-refractivity contribution in [2.45, 2.75) is 19.3 Å². The van der Waals surface area contributed by atoms with E-state index < -0.39 is 0 Å². The average Bonchev–Trinajstić information content (AvgIpc) is 3.03. The second-order valence-corrected chi connectivity index (χ2v) is 5.50. The molecular formula is C16H18N2O. The normalized spacial score (nSPS) is 27.1. The Balaban J connectivity index is 1.64. The van der Waals surface area contributed by atoms with Gasteiger partial charge in [0.05, 0.1) is 6.54 Å². The van der Waals surface area contributed by atoms with Crippen molar-refractivity contribution in [3.63, 3.8) is 0 Å². The van der Waals surface area contributed by atoms with Crippen LogP contribution in [0.3, 0.4) is 0 Å². The van der Waals surface area contributed by atoms with E-state index in [1.54, 1.807) is 0 Å². The van der Waals surface area contributed by atoms with Crippen molar-refractivity contribution in [2.75, 3.05) is 11.9 Å². The van der Waals surface area contributed by atoms with Gasteiger partial charge in [-0.2, -0.15) is 0 Å². The zero-order valence-electron chi connectivity index (χ0n) is 10.9. The van der Waals surface area contributed by atoms with E-state index >= 15 is 0 Å². The van der Waals surface area contributed by atoms with E-state index in [1.165, 1.54) is 6.42 Å². The summed E-state index contributed by atoms with van der Waals surface area (Å²) in [5, 5.41) is 3.00. The van der Waals surface area contributed by atoms with Gasteiger partial charge in [0.15, 0.2) is 0 Å². The summed E-state index contributed by atoms with van der Waals surface area (Å²) >= 11 is 0. The molecule has 2 aliphatic carbocycles. The SMILES string of the molecule is NCC#Cc1cccc(NC(=O)C2CC3CC3C2)c1. The van der Waals surface area contributed by atoms with Gasteiger partial charge in [0.2, 0.25) is 5.91 Å². The van der Waals surface area contributed by atoms with Crippen LogP contribution in [0.15, 0.2) is 24.3 Å². The lowest BCUT2D eigenvalue weighted by molar-refractivity contribution is -0.120. The number of nitrogens with two attached hydrogens (primary N) is 1. The van der Waals surface area contributed by atoms with Gasteiger partial charge in [-0.05, 0) is 49.3 Å². The molecule has 19 heavy (non-hydrogen) atoms. The van der Waals surface area contributed by atoms with E-state index in [-0.39, 0.29) is 11.8 Å². The first-order chi connectivity index (χ1) is 9.26. The maximum atomic E-state index is 12.1. The second-order valence-electron chi connectivity index (χ2n) is 5.50. The highest BCUT2D eigenvalue weighted by Gasteiger charge is 2.47. The highest BCUT2D eigenvalue weighted by atomic mass is 16.1. The molecule has 3 heteroatoms. The molecule has 3 rings (SSSR count). The van der Waals surface area contributed by atoms with Crippen LogP contribution in [0.1, 0.15) is 24.8 Å². The first kappa shape index (κ1) is 12.3. The smallest absolute Gasteiger partial charge is 0.227 e. The number of carbonyl (C=O) groups is 1. The van der Waals surface area contributed by atoms with Gasteiger partial charge in [-0.3, -0.25) is 4.79 Å². The molecule has 3 N–H and O–H groups in total. The third-order valence-electron chi connectivity index (χ3n) is 4.08. The first-order valence-electron chi connectivity index (χ1n) is 6.86. The third kappa shape index (κ3) is 2.80. The lowest BCUT2D eigenvalue weighted by Gasteiger charge is -2.12. The van der Waals surface area contributed by atoms with Crippen LogP contribution in [0, 0.1) is 29.6 Å². The molecule has 3 nitrogen and oxygen atoms in total. The van der Waals surface area contributed by atoms with Gasteiger partial charge in [0.1, 0.15) is 0 Å². The van der Waals surface area contributed by atoms with Gasteiger partial charge in [-0.1, -0.05) is 17.9 Å². The number of rotatable bonds is 2. The minimum absolute atomic E-state index is 0.163. The van der Waals surface area contributed by atoms with Gasteiger partial charge >= 0.3 is 0 Å². The molecule has 2 atom stereocenters. The van der Waals surface area contributed by atoms with E-state index in [4.69, 9.17) is 5.73 Å². The van der Waals surface area contributed by atoms with E-state index in [9.17, 15) is 4.79 Å². The molecule has 98 valence electrons. The Hall–Kier alpha value is -1.79. The number of hydrogen-bond donors (Lipinski definition) is 2. The summed E-state index contributed by atoms with van der Waals surface area (Å²) in [4.78, 5) is 12.1. The van der Waals surface area contributed by atoms with E-state index in [1.807, 2.05) is 24.3 Å². The highest BCUT2D eigenvalue weighted by Crippen LogP contribution is 2.54. The summed E-state index contributed by atoms with van der Waals surface area (Å²) in [6.45, 7) is 0.349. The number of benzene rings is 1. The summed E-state index contributed by atoms with van der Waals surface area (Å²) in [5.74, 6) is 7.83. The summed E-state index contributed by atoms with van der Waals surface area (Å²) in [6, 6.07) is 7.63. The Morgan fingerprint density at radius 3 is 2.84 bits per heavy atom. The van der Waals surface area contributed by atoms with E-state index in [2.05, 4.69) is 17.2 Å². The number of amides is 1. The van der Waals surface area contributed by atoms with E-state index in [0.29, 0.717) is 6.54 Å². The molecule has 0 saturated heterocycles. The lowest BCUT2D eigenvalue weighted by Crippen LogP contribution is -2.21. The van der Waals surface area contributed by atoms with Crippen LogP contribution >= 0.6 is 0 Å². The Labute approximate surface area is 113 Å². The fourth-order valence-electron chi connectivity index (χ4n) is 3.00. The molecule has 2 saturated carbocycles. The van der Waals surface area contributed by atoms with Crippen molar-refractivity contribution in [2.24, 2.45) is 23.5 Å². The molecule has 2 unspecified atom stereocenters. The molecule has 1 aromatic carbocycles. The van der Waals surface area contributed by atoms with Crippen molar-refractivity contribution in [1.82, 2.24) is 0 Å². The monoisotopic (exact) mass is 254 g/mol. The third-order valence-corrected chi connectivity index (χ3v) is 4.08. The molecule has 2 fully saturated rings. The highest BCUT2D eigenvalue weighted by molar-refractivity contribution is 5.93. The fraction of sp³-hybridized carbons (Fsp3) is 0.438. The topological polar surface area (TPSA) is 55.1 Å². The summed E-state index contributed by atoms with van der Waals surface area (Å²) in [7, 11) is 0. The second kappa shape index (κ2) is 5.07. The van der Waals surface area contributed by atoms with Gasteiger partial charge in [-0.15, -0.1) is 0 Å². The number of fused-ring (bicyclic) bond motifs is 1. The molecular weight excluding hydrogens is 236 g/mol. The molecule has 0 radical (unpaired) electrons. The Morgan fingerprint density at radius 2 is 2.11 bits per heavy atom. The van der Waals surface area contributed by atoms with Crippen molar-refractivity contribution in [3.05, 3.63) is 29.8 Å². The molecule has 1 amide bonds. The molecule has 2 aliphatic rings. The minimum atomic E-state index is 0.163. The van der Waals surface area contributed by atoms with Crippen LogP contribution in [0.2, 0.25) is 0 Å². The molecule has 1 aromatic rings. The average molecular weight is 254 g/mol. The maximum Gasteiger partial charge on any atom is 0.227 e. The minimum Gasteiger partial charge on any atom is -0.326 e. The Kier molecular flexibility index (Phi) is 3.27. The predicted molar refractivity (Wildman–Crippen MR) is 75.3 cm³/mol. The summed E-state index contributed by atoms with van der Waals surface area (Å²) in [6.07, 6.45) is 3.49. The molecule has 0 aromatic heterocycles. The fourth-order valence-corrected chi connectivity index (χ4v) is 3.00. The number of anilines is 1. The van der Waals surface area contributed by atoms with Crippen LogP contribution in [0.25, 0.3) is 0 Å². The van der Waals surface area contributed by atoms with Crippen molar-refractivity contribution >= 4 is 11.6 Å². The first-order valence-corrected chi connectivity index (χ1v) is 6.86. The summed E-state index contributed by atoms with van der Waals surface area (Å²) < 4.78 is 0. The molecule has 0 aliphatic heterocycles. The molecule has 0 heterocycles. The largest absolute Gasteiger partial charge is 0.326 e. The zero-order valence-corrected chi connectivity index (χ0v) is 10.9. The Bertz CT molecular complexity index is 545. The number of carbonyl (C=O) groups excluding carboxylic acids is 1. The quantitative estimate of drug-likeness (QED) is 0.793. The Morgan fingerprint density at radius 1 is 1.32 bits per heavy atom. The van der Waals surface area contributed by atoms with Crippen molar-refractivity contribution in [1.29, 1.82) is 0 Å². The summed E-state index contributed by atoms with van der Waals surface area (Å²) in [5.41, 5.74) is 7.07. The van der Waals surface area contributed by atoms with Gasteiger partial charge in [0, 0.05) is 17.2 Å². The van der Waals surface area contributed by atoms with Crippen LogP contribution in [0.4, 0.5) is 5.69 Å². The molecule has 0 spiro atoms. The maximum absolute atomic E-state index is 12.1. The van der Waals surface area contributed by atoms with Gasteiger partial charge in [0.25, 0.3) is 0 Å². The predicted octanol–water partition coefficient (Wildman–Crippen LogP) is 1.98.